The Bertz CT molecular complexity index is 639. The maximum atomic E-state index is 12.6. The molecule has 1 aliphatic rings. The number of aliphatic hydroxyl groups is 1. The van der Waals surface area contributed by atoms with Gasteiger partial charge in [-0.15, -0.1) is 0 Å². The number of aryl methyl sites for hydroxylation is 1. The van der Waals surface area contributed by atoms with Gasteiger partial charge in [0, 0.05) is 18.8 Å². The van der Waals surface area contributed by atoms with Gasteiger partial charge < -0.3 is 9.67 Å². The number of aromatic nitrogens is 2. The van der Waals surface area contributed by atoms with Crippen LogP contribution in [-0.4, -0.2) is 14.7 Å². The molecule has 6 heteroatoms. The molecule has 0 bridgehead atoms. The van der Waals surface area contributed by atoms with Crippen LogP contribution in [0.25, 0.3) is 11.4 Å². The van der Waals surface area contributed by atoms with Gasteiger partial charge >= 0.3 is 6.18 Å². The second-order valence-corrected chi connectivity index (χ2v) is 5.17. The van der Waals surface area contributed by atoms with Crippen LogP contribution in [0.2, 0.25) is 0 Å². The highest BCUT2D eigenvalue weighted by Crippen LogP contribution is 2.45. The van der Waals surface area contributed by atoms with Crippen LogP contribution in [0.15, 0.2) is 30.5 Å². The Labute approximate surface area is 113 Å². The molecule has 1 heterocycles. The summed E-state index contributed by atoms with van der Waals surface area (Å²) in [4.78, 5) is 3.63. The number of hydrogen-bond donors (Lipinski definition) is 1. The van der Waals surface area contributed by atoms with Crippen LogP contribution in [0.3, 0.4) is 0 Å². The lowest BCUT2D eigenvalue weighted by atomic mass is 10.1. The van der Waals surface area contributed by atoms with Crippen molar-refractivity contribution in [3.05, 3.63) is 41.7 Å². The first-order valence-corrected chi connectivity index (χ1v) is 6.23. The molecule has 0 spiro atoms. The lowest BCUT2D eigenvalue weighted by molar-refractivity contribution is -0.140. The largest absolute Gasteiger partial charge is 0.434 e. The zero-order valence-electron chi connectivity index (χ0n) is 10.8. The molecule has 1 N–H and O–H groups in total. The Morgan fingerprint density at radius 1 is 1.20 bits per heavy atom. The summed E-state index contributed by atoms with van der Waals surface area (Å²) < 4.78 is 39.2. The molecule has 2 aromatic rings. The van der Waals surface area contributed by atoms with Crippen molar-refractivity contribution in [1.29, 1.82) is 0 Å². The molecule has 0 unspecified atom stereocenters. The predicted molar refractivity (Wildman–Crippen MR) is 66.8 cm³/mol. The highest BCUT2D eigenvalue weighted by atomic mass is 19.4. The van der Waals surface area contributed by atoms with Crippen molar-refractivity contribution in [1.82, 2.24) is 9.55 Å². The van der Waals surface area contributed by atoms with E-state index in [0.717, 1.165) is 24.6 Å². The SMILES string of the molecule is Cn1cc(C(F)(F)F)nc1-c1ccc(C2(O)CC2)cc1. The molecule has 1 aromatic carbocycles. The van der Waals surface area contributed by atoms with Crippen LogP contribution >= 0.6 is 0 Å². The molecule has 106 valence electrons. The average Bonchev–Trinajstić information content (AvgIpc) is 2.99. The van der Waals surface area contributed by atoms with Crippen molar-refractivity contribution < 1.29 is 18.3 Å². The lowest BCUT2D eigenvalue weighted by Gasteiger charge is -2.08. The number of nitrogens with zero attached hydrogens (tertiary/aromatic N) is 2. The standard InChI is InChI=1S/C14H13F3N2O/c1-19-8-11(14(15,16)17)18-12(19)9-2-4-10(5-3-9)13(20)6-7-13/h2-5,8,20H,6-7H2,1H3. The summed E-state index contributed by atoms with van der Waals surface area (Å²) in [7, 11) is 1.53. The molecule has 3 rings (SSSR count). The normalized spacial score (nSPS) is 17.2. The van der Waals surface area contributed by atoms with E-state index in [1.165, 1.54) is 11.6 Å². The van der Waals surface area contributed by atoms with Crippen molar-refractivity contribution in [2.75, 3.05) is 0 Å². The first kappa shape index (κ1) is 13.2. The van der Waals surface area contributed by atoms with Gasteiger partial charge in [0.15, 0.2) is 5.69 Å². The highest BCUT2D eigenvalue weighted by molar-refractivity contribution is 5.57. The van der Waals surface area contributed by atoms with E-state index in [-0.39, 0.29) is 5.82 Å². The highest BCUT2D eigenvalue weighted by Gasteiger charge is 2.42. The molecule has 0 radical (unpaired) electrons. The minimum absolute atomic E-state index is 0.256. The monoisotopic (exact) mass is 282 g/mol. The minimum Gasteiger partial charge on any atom is -0.385 e. The summed E-state index contributed by atoms with van der Waals surface area (Å²) >= 11 is 0. The number of rotatable bonds is 2. The van der Waals surface area contributed by atoms with Gasteiger partial charge in [-0.3, -0.25) is 0 Å². The van der Waals surface area contributed by atoms with E-state index in [4.69, 9.17) is 0 Å². The molecule has 0 saturated heterocycles. The fourth-order valence-electron chi connectivity index (χ4n) is 2.21. The second-order valence-electron chi connectivity index (χ2n) is 5.17. The molecule has 1 aliphatic carbocycles. The molecule has 1 fully saturated rings. The smallest absolute Gasteiger partial charge is 0.385 e. The Balaban J connectivity index is 1.95. The maximum Gasteiger partial charge on any atom is 0.434 e. The maximum absolute atomic E-state index is 12.6. The molecule has 3 nitrogen and oxygen atoms in total. The second kappa shape index (κ2) is 4.09. The molecule has 0 aliphatic heterocycles. The summed E-state index contributed by atoms with van der Waals surface area (Å²) in [6.45, 7) is 0. The van der Waals surface area contributed by atoms with Crippen LogP contribution < -0.4 is 0 Å². The number of benzene rings is 1. The van der Waals surface area contributed by atoms with Crippen LogP contribution in [0.5, 0.6) is 0 Å². The van der Waals surface area contributed by atoms with Crippen molar-refractivity contribution in [2.45, 2.75) is 24.6 Å². The van der Waals surface area contributed by atoms with E-state index < -0.39 is 17.5 Å². The van der Waals surface area contributed by atoms with Gasteiger partial charge in [0.25, 0.3) is 0 Å². The van der Waals surface area contributed by atoms with Crippen molar-refractivity contribution >= 4 is 0 Å². The zero-order valence-corrected chi connectivity index (χ0v) is 10.8. The molecule has 20 heavy (non-hydrogen) atoms. The van der Waals surface area contributed by atoms with E-state index in [1.807, 2.05) is 0 Å². The topological polar surface area (TPSA) is 38.0 Å². The van der Waals surface area contributed by atoms with E-state index in [1.54, 1.807) is 24.3 Å². The third-order valence-corrected chi connectivity index (χ3v) is 3.57. The minimum atomic E-state index is -4.45. The number of halogens is 3. The van der Waals surface area contributed by atoms with Crippen LogP contribution in [0.4, 0.5) is 13.2 Å². The van der Waals surface area contributed by atoms with Gasteiger partial charge in [-0.2, -0.15) is 13.2 Å². The first-order valence-electron chi connectivity index (χ1n) is 6.23. The average molecular weight is 282 g/mol. The van der Waals surface area contributed by atoms with Gasteiger partial charge in [-0.05, 0) is 18.4 Å². The van der Waals surface area contributed by atoms with Crippen molar-refractivity contribution in [3.8, 4) is 11.4 Å². The van der Waals surface area contributed by atoms with E-state index in [9.17, 15) is 18.3 Å². The van der Waals surface area contributed by atoms with Crippen LogP contribution in [0.1, 0.15) is 24.1 Å². The zero-order chi connectivity index (χ0) is 14.5. The summed E-state index contributed by atoms with van der Waals surface area (Å²) in [6, 6.07) is 6.86. The van der Waals surface area contributed by atoms with Gasteiger partial charge in [0.05, 0.1) is 5.60 Å². The summed E-state index contributed by atoms with van der Waals surface area (Å²) in [5.41, 5.74) is -0.250. The fraction of sp³-hybridized carbons (Fsp3) is 0.357. The van der Waals surface area contributed by atoms with E-state index >= 15 is 0 Å². The van der Waals surface area contributed by atoms with Crippen LogP contribution in [0, 0.1) is 0 Å². The molecular weight excluding hydrogens is 269 g/mol. The molecule has 1 saturated carbocycles. The summed E-state index contributed by atoms with van der Waals surface area (Å²) in [6.07, 6.45) is -2.02. The van der Waals surface area contributed by atoms with Crippen molar-refractivity contribution in [2.24, 2.45) is 7.05 Å². The Morgan fingerprint density at radius 3 is 2.25 bits per heavy atom. The van der Waals surface area contributed by atoms with Gasteiger partial charge in [0.1, 0.15) is 5.82 Å². The molecule has 0 amide bonds. The lowest BCUT2D eigenvalue weighted by Crippen LogP contribution is -2.05. The predicted octanol–water partition coefficient (Wildman–Crippen LogP) is 3.09. The molecule has 1 aromatic heterocycles. The third kappa shape index (κ3) is 2.20. The quantitative estimate of drug-likeness (QED) is 0.919. The third-order valence-electron chi connectivity index (χ3n) is 3.57. The van der Waals surface area contributed by atoms with Crippen LogP contribution in [-0.2, 0) is 18.8 Å². The molecule has 0 atom stereocenters. The number of imidazole rings is 1. The Kier molecular flexibility index (Phi) is 2.69. The number of hydrogen-bond acceptors (Lipinski definition) is 2. The fourth-order valence-corrected chi connectivity index (χ4v) is 2.21. The van der Waals surface area contributed by atoms with Gasteiger partial charge in [0.2, 0.25) is 0 Å². The Morgan fingerprint density at radius 2 is 1.80 bits per heavy atom. The van der Waals surface area contributed by atoms with Crippen molar-refractivity contribution in [3.63, 3.8) is 0 Å². The Hall–Kier alpha value is -1.82. The summed E-state index contributed by atoms with van der Waals surface area (Å²) in [5.74, 6) is 0.256. The first-order chi connectivity index (χ1) is 9.29. The number of alkyl halides is 3. The summed E-state index contributed by atoms with van der Waals surface area (Å²) in [5, 5.41) is 9.96. The van der Waals surface area contributed by atoms with E-state index in [0.29, 0.717) is 5.56 Å². The van der Waals surface area contributed by atoms with Gasteiger partial charge in [-0.1, -0.05) is 24.3 Å². The van der Waals surface area contributed by atoms with E-state index in [2.05, 4.69) is 4.98 Å². The molecular formula is C14H13F3N2O. The van der Waals surface area contributed by atoms with Gasteiger partial charge in [-0.25, -0.2) is 4.98 Å².